The van der Waals surface area contributed by atoms with Gasteiger partial charge in [0.25, 0.3) is 0 Å². The zero-order valence-corrected chi connectivity index (χ0v) is 19.9. The zero-order valence-electron chi connectivity index (χ0n) is 18.3. The minimum Gasteiger partial charge on any atom is -0.0654 e. The first kappa shape index (κ1) is 22.4. The lowest BCUT2D eigenvalue weighted by Gasteiger charge is -2.38. The van der Waals surface area contributed by atoms with Gasteiger partial charge in [-0.2, -0.15) is 0 Å². The predicted octanol–water partition coefficient (Wildman–Crippen LogP) is 9.35. The summed E-state index contributed by atoms with van der Waals surface area (Å²) in [5.74, 6) is 4.19. The first-order valence-corrected chi connectivity index (χ1v) is 13.3. The van der Waals surface area contributed by atoms with Crippen LogP contribution >= 0.6 is 15.9 Å². The van der Waals surface area contributed by atoms with Crippen molar-refractivity contribution in [2.75, 3.05) is 0 Å². The van der Waals surface area contributed by atoms with Gasteiger partial charge in [0.05, 0.1) is 0 Å². The topological polar surface area (TPSA) is 0 Å². The van der Waals surface area contributed by atoms with Gasteiger partial charge in [-0.3, -0.25) is 0 Å². The van der Waals surface area contributed by atoms with Crippen molar-refractivity contribution in [3.05, 3.63) is 34.3 Å². The van der Waals surface area contributed by atoms with Gasteiger partial charge in [-0.05, 0) is 79.9 Å². The number of hydrogen-bond donors (Lipinski definition) is 0. The Balaban J connectivity index is 1.27. The predicted molar refractivity (Wildman–Crippen MR) is 127 cm³/mol. The van der Waals surface area contributed by atoms with Gasteiger partial charge in [0, 0.05) is 4.47 Å². The zero-order chi connectivity index (χ0) is 19.6. The van der Waals surface area contributed by atoms with Crippen molar-refractivity contribution in [1.29, 1.82) is 0 Å². The van der Waals surface area contributed by atoms with E-state index in [0.29, 0.717) is 0 Å². The molecule has 0 spiro atoms. The molecule has 2 saturated carbocycles. The van der Waals surface area contributed by atoms with E-state index < -0.39 is 0 Å². The van der Waals surface area contributed by atoms with Crippen LogP contribution in [-0.4, -0.2) is 0 Å². The lowest BCUT2D eigenvalue weighted by Crippen LogP contribution is -2.26. The maximum absolute atomic E-state index is 3.54. The van der Waals surface area contributed by atoms with Crippen LogP contribution in [0.2, 0.25) is 0 Å². The summed E-state index contributed by atoms with van der Waals surface area (Å²) in [5, 5.41) is 0. The molecule has 158 valence electrons. The van der Waals surface area contributed by atoms with Crippen LogP contribution in [0.25, 0.3) is 0 Å². The van der Waals surface area contributed by atoms with Gasteiger partial charge in [0.1, 0.15) is 0 Å². The molecule has 0 radical (unpaired) electrons. The first-order valence-electron chi connectivity index (χ1n) is 12.5. The SMILES string of the molecule is CCCCCCC[C@H]1CC[C@H]([C@H]2CC[C@H](CCc3ccc(Br)cc3)CC2)CC1. The highest BCUT2D eigenvalue weighted by Gasteiger charge is 2.30. The molecule has 3 rings (SSSR count). The summed E-state index contributed by atoms with van der Waals surface area (Å²) in [6.07, 6.45) is 23.7. The largest absolute Gasteiger partial charge is 0.0654 e. The molecule has 0 saturated heterocycles. The van der Waals surface area contributed by atoms with E-state index in [4.69, 9.17) is 0 Å². The summed E-state index contributed by atoms with van der Waals surface area (Å²) in [4.78, 5) is 0. The highest BCUT2D eigenvalue weighted by Crippen LogP contribution is 2.43. The molecule has 0 bridgehead atoms. The molecule has 2 aliphatic carbocycles. The Bertz CT molecular complexity index is 518. The number of halogens is 1. The Morgan fingerprint density at radius 2 is 1.21 bits per heavy atom. The minimum atomic E-state index is 0.986. The van der Waals surface area contributed by atoms with E-state index in [-0.39, 0.29) is 0 Å². The fraction of sp³-hybridized carbons (Fsp3) is 0.778. The molecule has 0 nitrogen and oxygen atoms in total. The summed E-state index contributed by atoms with van der Waals surface area (Å²) in [5.41, 5.74) is 1.51. The molecule has 1 aromatic carbocycles. The van der Waals surface area contributed by atoms with Gasteiger partial charge in [-0.15, -0.1) is 0 Å². The standard InChI is InChI=1S/C27H43Br/c1-2-3-4-5-6-7-22-10-16-25(17-11-22)26-18-12-23(13-19-26)8-9-24-14-20-27(28)21-15-24/h14-15,20-23,25-26H,2-13,16-19H2,1H3/t22-,23-,25-,26-. The van der Waals surface area contributed by atoms with E-state index in [2.05, 4.69) is 47.1 Å². The third kappa shape index (κ3) is 7.51. The maximum atomic E-state index is 3.54. The van der Waals surface area contributed by atoms with Crippen LogP contribution in [0.3, 0.4) is 0 Å². The van der Waals surface area contributed by atoms with Crippen LogP contribution in [-0.2, 0) is 6.42 Å². The van der Waals surface area contributed by atoms with Crippen LogP contribution < -0.4 is 0 Å². The van der Waals surface area contributed by atoms with Gasteiger partial charge in [0.2, 0.25) is 0 Å². The Hall–Kier alpha value is -0.300. The monoisotopic (exact) mass is 446 g/mol. The smallest absolute Gasteiger partial charge is 0.0175 e. The maximum Gasteiger partial charge on any atom is 0.0175 e. The van der Waals surface area contributed by atoms with Gasteiger partial charge in [-0.25, -0.2) is 0 Å². The van der Waals surface area contributed by atoms with E-state index >= 15 is 0 Å². The number of benzene rings is 1. The number of aryl methyl sites for hydroxylation is 1. The van der Waals surface area contributed by atoms with Crippen molar-refractivity contribution in [3.8, 4) is 0 Å². The van der Waals surface area contributed by atoms with Crippen molar-refractivity contribution >= 4 is 15.9 Å². The molecular formula is C27H43Br. The average Bonchev–Trinajstić information content (AvgIpc) is 2.74. The Labute approximate surface area is 183 Å². The summed E-state index contributed by atoms with van der Waals surface area (Å²) >= 11 is 3.54. The van der Waals surface area contributed by atoms with Crippen LogP contribution in [0, 0.1) is 23.7 Å². The molecule has 2 fully saturated rings. The van der Waals surface area contributed by atoms with Gasteiger partial charge >= 0.3 is 0 Å². The lowest BCUT2D eigenvalue weighted by molar-refractivity contribution is 0.140. The van der Waals surface area contributed by atoms with Crippen LogP contribution in [0.4, 0.5) is 0 Å². The molecule has 1 heteroatoms. The number of rotatable bonds is 10. The van der Waals surface area contributed by atoms with Gasteiger partial charge in [-0.1, -0.05) is 99.2 Å². The van der Waals surface area contributed by atoms with E-state index in [1.165, 1.54) is 87.1 Å². The lowest BCUT2D eigenvalue weighted by atomic mass is 9.68. The number of hydrogen-bond acceptors (Lipinski definition) is 0. The molecule has 2 aliphatic rings. The Morgan fingerprint density at radius 3 is 1.79 bits per heavy atom. The number of unbranched alkanes of at least 4 members (excludes halogenated alkanes) is 4. The van der Waals surface area contributed by atoms with Crippen LogP contribution in [0.5, 0.6) is 0 Å². The summed E-state index contributed by atoms with van der Waals surface area (Å²) < 4.78 is 1.20. The quantitative estimate of drug-likeness (QED) is 0.313. The second kappa shape index (κ2) is 12.4. The molecule has 0 heterocycles. The van der Waals surface area contributed by atoms with Crippen LogP contribution in [0.15, 0.2) is 28.7 Å². The first-order chi connectivity index (χ1) is 13.7. The van der Waals surface area contributed by atoms with Gasteiger partial charge in [0.15, 0.2) is 0 Å². The second-order valence-corrected chi connectivity index (χ2v) is 10.8. The van der Waals surface area contributed by atoms with Crippen molar-refractivity contribution in [2.45, 2.75) is 110 Å². The molecule has 1 aromatic rings. The minimum absolute atomic E-state index is 0.986. The van der Waals surface area contributed by atoms with Crippen molar-refractivity contribution in [3.63, 3.8) is 0 Å². The van der Waals surface area contributed by atoms with Crippen molar-refractivity contribution in [2.24, 2.45) is 23.7 Å². The third-order valence-corrected chi connectivity index (χ3v) is 8.45. The fourth-order valence-corrected chi connectivity index (χ4v) is 6.22. The van der Waals surface area contributed by atoms with Crippen molar-refractivity contribution in [1.82, 2.24) is 0 Å². The van der Waals surface area contributed by atoms with Crippen LogP contribution in [0.1, 0.15) is 109 Å². The summed E-state index contributed by atoms with van der Waals surface area (Å²) in [7, 11) is 0. The molecule has 0 aliphatic heterocycles. The molecular weight excluding hydrogens is 404 g/mol. The third-order valence-electron chi connectivity index (χ3n) is 7.92. The molecule has 0 amide bonds. The Morgan fingerprint density at radius 1 is 0.679 bits per heavy atom. The summed E-state index contributed by atoms with van der Waals surface area (Å²) in [6.45, 7) is 2.32. The second-order valence-electron chi connectivity index (χ2n) is 9.93. The molecule has 0 N–H and O–H groups in total. The van der Waals surface area contributed by atoms with E-state index in [1.807, 2.05) is 0 Å². The van der Waals surface area contributed by atoms with Gasteiger partial charge < -0.3 is 0 Å². The van der Waals surface area contributed by atoms with Crippen molar-refractivity contribution < 1.29 is 0 Å². The molecule has 28 heavy (non-hydrogen) atoms. The highest BCUT2D eigenvalue weighted by molar-refractivity contribution is 9.10. The molecule has 0 unspecified atom stereocenters. The average molecular weight is 448 g/mol. The molecule has 0 aromatic heterocycles. The summed E-state index contributed by atoms with van der Waals surface area (Å²) in [6, 6.07) is 8.96. The van der Waals surface area contributed by atoms with E-state index in [0.717, 1.165) is 23.7 Å². The normalized spacial score (nSPS) is 28.4. The highest BCUT2D eigenvalue weighted by atomic mass is 79.9. The van der Waals surface area contributed by atoms with E-state index in [1.54, 1.807) is 25.7 Å². The fourth-order valence-electron chi connectivity index (χ4n) is 5.96. The molecule has 0 atom stereocenters. The van der Waals surface area contributed by atoms with E-state index in [9.17, 15) is 0 Å². The Kier molecular flexibility index (Phi) is 9.92.